The first-order valence-corrected chi connectivity index (χ1v) is 5.49. The van der Waals surface area contributed by atoms with Crippen LogP contribution in [0.25, 0.3) is 0 Å². The second-order valence-corrected chi connectivity index (χ2v) is 3.95. The number of hydrogen-bond donors (Lipinski definition) is 3. The van der Waals surface area contributed by atoms with Crippen molar-refractivity contribution in [1.82, 2.24) is 10.6 Å². The molecule has 1 aromatic rings. The van der Waals surface area contributed by atoms with Crippen molar-refractivity contribution < 1.29 is 14.7 Å². The fourth-order valence-electron chi connectivity index (χ4n) is 2.00. The van der Waals surface area contributed by atoms with Crippen LogP contribution in [0.1, 0.15) is 17.2 Å². The molecule has 3 N–H and O–H groups in total. The maximum absolute atomic E-state index is 11.8. The number of amides is 1. The van der Waals surface area contributed by atoms with Crippen LogP contribution in [0.15, 0.2) is 24.3 Å². The van der Waals surface area contributed by atoms with Crippen molar-refractivity contribution in [2.45, 2.75) is 12.5 Å². The summed E-state index contributed by atoms with van der Waals surface area (Å²) in [7, 11) is 0. The van der Waals surface area contributed by atoms with Crippen molar-refractivity contribution in [1.29, 1.82) is 0 Å². The average Bonchev–Trinajstić information content (AvgIpc) is 2.35. The lowest BCUT2D eigenvalue weighted by Crippen LogP contribution is -2.42. The van der Waals surface area contributed by atoms with Gasteiger partial charge in [0, 0.05) is 6.54 Å². The first kappa shape index (κ1) is 11.6. The highest BCUT2D eigenvalue weighted by molar-refractivity contribution is 5.86. The summed E-state index contributed by atoms with van der Waals surface area (Å²) in [4.78, 5) is 22.2. The summed E-state index contributed by atoms with van der Waals surface area (Å²) in [5.41, 5.74) is 2.07. The van der Waals surface area contributed by atoms with Gasteiger partial charge in [-0.1, -0.05) is 24.3 Å². The standard InChI is InChI=1S/C12H14N2O3/c15-10(16)7-14-12(17)11-9-4-2-1-3-8(9)5-6-13-11/h1-4,11,13H,5-7H2,(H,14,17)(H,15,16). The van der Waals surface area contributed by atoms with Crippen LogP contribution in [0, 0.1) is 0 Å². The third-order valence-corrected chi connectivity index (χ3v) is 2.78. The molecule has 1 atom stereocenters. The van der Waals surface area contributed by atoms with Gasteiger partial charge in [0.1, 0.15) is 12.6 Å². The number of carboxylic acid groups (broad SMARTS) is 1. The molecule has 1 unspecified atom stereocenters. The number of carbonyl (C=O) groups is 2. The minimum Gasteiger partial charge on any atom is -0.480 e. The Morgan fingerprint density at radius 2 is 2.18 bits per heavy atom. The zero-order chi connectivity index (χ0) is 12.3. The quantitative estimate of drug-likeness (QED) is 0.691. The summed E-state index contributed by atoms with van der Waals surface area (Å²) in [5, 5.41) is 14.0. The highest BCUT2D eigenvalue weighted by Crippen LogP contribution is 2.22. The molecule has 5 heteroatoms. The van der Waals surface area contributed by atoms with Gasteiger partial charge in [0.05, 0.1) is 0 Å². The number of hydrogen-bond acceptors (Lipinski definition) is 3. The topological polar surface area (TPSA) is 78.4 Å². The lowest BCUT2D eigenvalue weighted by atomic mass is 9.94. The Bertz CT molecular complexity index is 445. The van der Waals surface area contributed by atoms with E-state index in [0.717, 1.165) is 24.1 Å². The average molecular weight is 234 g/mol. The predicted molar refractivity (Wildman–Crippen MR) is 61.5 cm³/mol. The minimum absolute atomic E-state index is 0.292. The van der Waals surface area contributed by atoms with Crippen LogP contribution in [0.4, 0.5) is 0 Å². The Balaban J connectivity index is 2.12. The molecule has 1 aliphatic rings. The summed E-state index contributed by atoms with van der Waals surface area (Å²) in [6, 6.07) is 7.26. The molecule has 0 fully saturated rings. The third-order valence-electron chi connectivity index (χ3n) is 2.78. The highest BCUT2D eigenvalue weighted by Gasteiger charge is 2.25. The molecule has 0 saturated heterocycles. The summed E-state index contributed by atoms with van der Waals surface area (Å²) in [5.74, 6) is -1.33. The number of rotatable bonds is 3. The summed E-state index contributed by atoms with van der Waals surface area (Å²) in [6.07, 6.45) is 0.888. The van der Waals surface area contributed by atoms with Gasteiger partial charge in [-0.05, 0) is 17.5 Å². The van der Waals surface area contributed by atoms with E-state index in [2.05, 4.69) is 10.6 Å². The molecule has 5 nitrogen and oxygen atoms in total. The van der Waals surface area contributed by atoms with Gasteiger partial charge in [0.25, 0.3) is 0 Å². The molecule has 1 aromatic carbocycles. The molecule has 0 aromatic heterocycles. The van der Waals surface area contributed by atoms with E-state index in [1.165, 1.54) is 0 Å². The molecule has 1 heterocycles. The second kappa shape index (κ2) is 4.97. The van der Waals surface area contributed by atoms with Gasteiger partial charge in [0.15, 0.2) is 0 Å². The number of benzene rings is 1. The molecule has 0 radical (unpaired) electrons. The fraction of sp³-hybridized carbons (Fsp3) is 0.333. The fourth-order valence-corrected chi connectivity index (χ4v) is 2.00. The summed E-state index contributed by atoms with van der Waals surface area (Å²) in [6.45, 7) is 0.376. The van der Waals surface area contributed by atoms with Gasteiger partial charge in [-0.2, -0.15) is 0 Å². The Kier molecular flexibility index (Phi) is 3.39. The minimum atomic E-state index is -1.04. The van der Waals surface area contributed by atoms with Crippen molar-refractivity contribution >= 4 is 11.9 Å². The van der Waals surface area contributed by atoms with E-state index in [9.17, 15) is 9.59 Å². The number of nitrogens with one attached hydrogen (secondary N) is 2. The van der Waals surface area contributed by atoms with Crippen molar-refractivity contribution in [3.05, 3.63) is 35.4 Å². The molecule has 0 bridgehead atoms. The molecular formula is C12H14N2O3. The Hall–Kier alpha value is -1.88. The lowest BCUT2D eigenvalue weighted by molar-refractivity contribution is -0.138. The Morgan fingerprint density at radius 1 is 1.41 bits per heavy atom. The van der Waals surface area contributed by atoms with Crippen molar-refractivity contribution in [2.75, 3.05) is 13.1 Å². The van der Waals surface area contributed by atoms with E-state index in [0.29, 0.717) is 0 Å². The predicted octanol–water partition coefficient (Wildman–Crippen LogP) is 0.0742. The first-order chi connectivity index (χ1) is 8.18. The van der Waals surface area contributed by atoms with Crippen LogP contribution in [-0.4, -0.2) is 30.1 Å². The maximum Gasteiger partial charge on any atom is 0.322 e. The molecule has 0 spiro atoms. The third kappa shape index (κ3) is 2.62. The number of aliphatic carboxylic acids is 1. The van der Waals surface area contributed by atoms with Crippen LogP contribution >= 0.6 is 0 Å². The highest BCUT2D eigenvalue weighted by atomic mass is 16.4. The molecule has 17 heavy (non-hydrogen) atoms. The van der Waals surface area contributed by atoms with Crippen LogP contribution in [0.5, 0.6) is 0 Å². The van der Waals surface area contributed by atoms with E-state index in [-0.39, 0.29) is 12.5 Å². The van der Waals surface area contributed by atoms with Gasteiger partial charge < -0.3 is 15.7 Å². The Morgan fingerprint density at radius 3 is 2.94 bits per heavy atom. The smallest absolute Gasteiger partial charge is 0.322 e. The molecular weight excluding hydrogens is 220 g/mol. The van der Waals surface area contributed by atoms with E-state index in [1.807, 2.05) is 24.3 Å². The lowest BCUT2D eigenvalue weighted by Gasteiger charge is -2.25. The van der Waals surface area contributed by atoms with Gasteiger partial charge >= 0.3 is 5.97 Å². The van der Waals surface area contributed by atoms with Crippen LogP contribution in [0.3, 0.4) is 0 Å². The maximum atomic E-state index is 11.8. The van der Waals surface area contributed by atoms with E-state index in [1.54, 1.807) is 0 Å². The molecule has 90 valence electrons. The van der Waals surface area contributed by atoms with Gasteiger partial charge in [-0.25, -0.2) is 0 Å². The summed E-state index contributed by atoms with van der Waals surface area (Å²) >= 11 is 0. The van der Waals surface area contributed by atoms with E-state index >= 15 is 0 Å². The zero-order valence-electron chi connectivity index (χ0n) is 9.27. The van der Waals surface area contributed by atoms with E-state index < -0.39 is 12.0 Å². The van der Waals surface area contributed by atoms with Gasteiger partial charge in [0.2, 0.25) is 5.91 Å². The first-order valence-electron chi connectivity index (χ1n) is 5.49. The van der Waals surface area contributed by atoms with Crippen LogP contribution < -0.4 is 10.6 Å². The number of carbonyl (C=O) groups excluding carboxylic acids is 1. The monoisotopic (exact) mass is 234 g/mol. The van der Waals surface area contributed by atoms with Crippen LogP contribution in [0.2, 0.25) is 0 Å². The zero-order valence-corrected chi connectivity index (χ0v) is 9.27. The molecule has 1 amide bonds. The second-order valence-electron chi connectivity index (χ2n) is 3.95. The molecule has 0 aliphatic carbocycles. The SMILES string of the molecule is O=C(O)CNC(=O)C1NCCc2ccccc21. The summed E-state index contributed by atoms with van der Waals surface area (Å²) < 4.78 is 0. The van der Waals surface area contributed by atoms with E-state index in [4.69, 9.17) is 5.11 Å². The molecule has 2 rings (SSSR count). The van der Waals surface area contributed by atoms with Crippen molar-refractivity contribution in [2.24, 2.45) is 0 Å². The van der Waals surface area contributed by atoms with Crippen LogP contribution in [-0.2, 0) is 16.0 Å². The molecule has 0 saturated carbocycles. The molecule has 1 aliphatic heterocycles. The van der Waals surface area contributed by atoms with Gasteiger partial charge in [-0.15, -0.1) is 0 Å². The number of fused-ring (bicyclic) bond motifs is 1. The van der Waals surface area contributed by atoms with Crippen molar-refractivity contribution in [3.63, 3.8) is 0 Å². The normalized spacial score (nSPS) is 18.2. The Labute approximate surface area is 98.8 Å². The largest absolute Gasteiger partial charge is 0.480 e. The van der Waals surface area contributed by atoms with Crippen molar-refractivity contribution in [3.8, 4) is 0 Å². The van der Waals surface area contributed by atoms with Gasteiger partial charge in [-0.3, -0.25) is 9.59 Å². The number of carboxylic acids is 1.